The molecule has 1 N–H and O–H groups in total. The first kappa shape index (κ1) is 27.4. The number of aromatic nitrogens is 2. The van der Waals surface area contributed by atoms with Gasteiger partial charge in [0.1, 0.15) is 5.65 Å². The van der Waals surface area contributed by atoms with E-state index in [4.69, 9.17) is 11.6 Å². The smallest absolute Gasteiger partial charge is 0.326 e. The monoisotopic (exact) mass is 583 g/mol. The van der Waals surface area contributed by atoms with E-state index in [9.17, 15) is 26.4 Å². The zero-order valence-electron chi connectivity index (χ0n) is 20.9. The summed E-state index contributed by atoms with van der Waals surface area (Å²) >= 11 is 5.64. The SMILES string of the molecule is CS(=O)(=O)c1ccc(-c2ccn3c(-c4ccc(CC(=O)Nc5ccc(Cl)c(C(F)(F)F)c5)cc4)cnc3c2)cc1. The Balaban J connectivity index is 1.30. The number of hydrogen-bond donors (Lipinski definition) is 1. The zero-order valence-corrected chi connectivity index (χ0v) is 22.5. The number of anilines is 1. The predicted molar refractivity (Wildman–Crippen MR) is 148 cm³/mol. The average Bonchev–Trinajstić information content (AvgIpc) is 3.32. The Morgan fingerprint density at radius 2 is 1.60 bits per heavy atom. The molecule has 0 atom stereocenters. The van der Waals surface area contributed by atoms with Crippen LogP contribution in [0.2, 0.25) is 5.02 Å². The number of nitrogens with zero attached hydrogens (tertiary/aromatic N) is 2. The van der Waals surface area contributed by atoms with Crippen molar-refractivity contribution in [2.45, 2.75) is 17.5 Å². The van der Waals surface area contributed by atoms with E-state index in [0.29, 0.717) is 11.2 Å². The number of amides is 1. The first-order valence-corrected chi connectivity index (χ1v) is 14.2. The van der Waals surface area contributed by atoms with Crippen LogP contribution in [0, 0.1) is 0 Å². The molecule has 2 heterocycles. The number of fused-ring (bicyclic) bond motifs is 1. The van der Waals surface area contributed by atoms with Crippen molar-refractivity contribution in [3.63, 3.8) is 0 Å². The molecule has 40 heavy (non-hydrogen) atoms. The number of alkyl halides is 3. The number of carbonyl (C=O) groups is 1. The van der Waals surface area contributed by atoms with E-state index in [1.54, 1.807) is 42.6 Å². The number of carbonyl (C=O) groups excluding carboxylic acids is 1. The standard InChI is InChI=1S/C29H21ClF3N3O3S/c1-40(38,39)23-9-6-19(7-10-23)21-12-13-36-26(17-34-27(36)15-21)20-4-2-18(3-5-20)14-28(37)35-22-8-11-25(30)24(16-22)29(31,32)33/h2-13,15-17H,14H2,1H3,(H,35,37). The normalized spacial score (nSPS) is 12.0. The highest BCUT2D eigenvalue weighted by atomic mass is 35.5. The summed E-state index contributed by atoms with van der Waals surface area (Å²) in [5, 5.41) is 2.05. The summed E-state index contributed by atoms with van der Waals surface area (Å²) in [7, 11) is -3.28. The molecule has 0 saturated heterocycles. The number of halogens is 4. The molecule has 0 radical (unpaired) electrons. The van der Waals surface area contributed by atoms with Gasteiger partial charge in [-0.1, -0.05) is 48.0 Å². The number of pyridine rings is 1. The topological polar surface area (TPSA) is 80.5 Å². The molecule has 0 bridgehead atoms. The Bertz CT molecular complexity index is 1830. The highest BCUT2D eigenvalue weighted by Crippen LogP contribution is 2.36. The molecule has 0 aliphatic heterocycles. The van der Waals surface area contributed by atoms with Crippen molar-refractivity contribution in [3.8, 4) is 22.4 Å². The van der Waals surface area contributed by atoms with Crippen molar-refractivity contribution in [2.75, 3.05) is 11.6 Å². The fourth-order valence-electron chi connectivity index (χ4n) is 4.27. The summed E-state index contributed by atoms with van der Waals surface area (Å²) in [6.45, 7) is 0. The Morgan fingerprint density at radius 3 is 2.25 bits per heavy atom. The summed E-state index contributed by atoms with van der Waals surface area (Å²) in [5.41, 5.74) is 3.80. The van der Waals surface area contributed by atoms with E-state index in [-0.39, 0.29) is 17.0 Å². The van der Waals surface area contributed by atoms with Crippen LogP contribution in [0.15, 0.2) is 96.2 Å². The molecule has 6 nitrogen and oxygen atoms in total. The summed E-state index contributed by atoms with van der Waals surface area (Å²) in [4.78, 5) is 17.2. The fourth-order valence-corrected chi connectivity index (χ4v) is 5.13. The molecule has 0 aliphatic rings. The molecule has 0 aliphatic carbocycles. The minimum absolute atomic E-state index is 0.00906. The quantitative estimate of drug-likeness (QED) is 0.235. The first-order valence-electron chi connectivity index (χ1n) is 11.9. The fraction of sp³-hybridized carbons (Fsp3) is 0.103. The summed E-state index contributed by atoms with van der Waals surface area (Å²) in [6.07, 6.45) is 0.114. The van der Waals surface area contributed by atoms with Crippen molar-refractivity contribution < 1.29 is 26.4 Å². The lowest BCUT2D eigenvalue weighted by Gasteiger charge is -2.12. The maximum Gasteiger partial charge on any atom is 0.417 e. The number of benzene rings is 3. The largest absolute Gasteiger partial charge is 0.417 e. The molecular weight excluding hydrogens is 563 g/mol. The van der Waals surface area contributed by atoms with Gasteiger partial charge in [0.25, 0.3) is 0 Å². The molecular formula is C29H21ClF3N3O3S. The Kier molecular flexibility index (Phi) is 7.16. The van der Waals surface area contributed by atoms with Gasteiger partial charge in [0.15, 0.2) is 9.84 Å². The lowest BCUT2D eigenvalue weighted by molar-refractivity contribution is -0.137. The molecule has 0 spiro atoms. The van der Waals surface area contributed by atoms with Crippen LogP contribution in [-0.4, -0.2) is 30.0 Å². The Labute approximate surface area is 233 Å². The van der Waals surface area contributed by atoms with E-state index in [1.807, 2.05) is 34.9 Å². The van der Waals surface area contributed by atoms with Crippen LogP contribution in [-0.2, 0) is 27.2 Å². The van der Waals surface area contributed by atoms with Gasteiger partial charge in [-0.15, -0.1) is 0 Å². The Hall–Kier alpha value is -4.15. The molecule has 5 aromatic rings. The number of rotatable bonds is 6. The molecule has 2 aromatic heterocycles. The Morgan fingerprint density at radius 1 is 0.925 bits per heavy atom. The zero-order chi connectivity index (χ0) is 28.7. The van der Waals surface area contributed by atoms with E-state index in [0.717, 1.165) is 34.5 Å². The van der Waals surface area contributed by atoms with Gasteiger partial charge >= 0.3 is 6.18 Å². The van der Waals surface area contributed by atoms with Crippen LogP contribution < -0.4 is 5.32 Å². The van der Waals surface area contributed by atoms with Crippen molar-refractivity contribution in [1.29, 1.82) is 0 Å². The van der Waals surface area contributed by atoms with Gasteiger partial charge < -0.3 is 5.32 Å². The van der Waals surface area contributed by atoms with Gasteiger partial charge in [0, 0.05) is 23.7 Å². The second-order valence-electron chi connectivity index (χ2n) is 9.20. The van der Waals surface area contributed by atoms with Gasteiger partial charge in [-0.2, -0.15) is 13.2 Å². The lowest BCUT2D eigenvalue weighted by Crippen LogP contribution is -2.15. The van der Waals surface area contributed by atoms with Crippen LogP contribution in [0.25, 0.3) is 28.0 Å². The van der Waals surface area contributed by atoms with Crippen molar-refractivity contribution in [1.82, 2.24) is 9.38 Å². The second kappa shape index (κ2) is 10.4. The summed E-state index contributed by atoms with van der Waals surface area (Å²) in [6, 6.07) is 20.9. The van der Waals surface area contributed by atoms with Crippen molar-refractivity contribution in [3.05, 3.63) is 107 Å². The lowest BCUT2D eigenvalue weighted by atomic mass is 10.1. The third kappa shape index (κ3) is 5.88. The van der Waals surface area contributed by atoms with Crippen LogP contribution in [0.3, 0.4) is 0 Å². The first-order chi connectivity index (χ1) is 18.9. The maximum absolute atomic E-state index is 13.1. The number of nitrogens with one attached hydrogen (secondary N) is 1. The molecule has 0 unspecified atom stereocenters. The van der Waals surface area contributed by atoms with E-state index in [1.165, 1.54) is 12.3 Å². The van der Waals surface area contributed by atoms with Crippen LogP contribution >= 0.6 is 11.6 Å². The van der Waals surface area contributed by atoms with Crippen LogP contribution in [0.5, 0.6) is 0 Å². The van der Waals surface area contributed by atoms with Gasteiger partial charge in [0.05, 0.1) is 33.8 Å². The molecule has 1 amide bonds. The predicted octanol–water partition coefficient (Wildman–Crippen LogP) is 6.93. The molecule has 204 valence electrons. The highest BCUT2D eigenvalue weighted by molar-refractivity contribution is 7.90. The average molecular weight is 584 g/mol. The molecule has 0 saturated carbocycles. The van der Waals surface area contributed by atoms with E-state index in [2.05, 4.69) is 10.3 Å². The number of imidazole rings is 1. The highest BCUT2D eigenvalue weighted by Gasteiger charge is 2.33. The third-order valence-electron chi connectivity index (χ3n) is 6.30. The third-order valence-corrected chi connectivity index (χ3v) is 7.76. The minimum atomic E-state index is -4.63. The van der Waals surface area contributed by atoms with Gasteiger partial charge in [-0.3, -0.25) is 9.20 Å². The molecule has 3 aromatic carbocycles. The maximum atomic E-state index is 13.1. The number of sulfone groups is 1. The number of hydrogen-bond acceptors (Lipinski definition) is 4. The van der Waals surface area contributed by atoms with Gasteiger partial charge in [0.2, 0.25) is 5.91 Å². The molecule has 11 heteroatoms. The van der Waals surface area contributed by atoms with Crippen molar-refractivity contribution >= 4 is 38.7 Å². The van der Waals surface area contributed by atoms with E-state index >= 15 is 0 Å². The molecule has 0 fully saturated rings. The van der Waals surface area contributed by atoms with Crippen LogP contribution in [0.4, 0.5) is 18.9 Å². The van der Waals surface area contributed by atoms with E-state index < -0.39 is 32.5 Å². The minimum Gasteiger partial charge on any atom is -0.326 e. The summed E-state index contributed by atoms with van der Waals surface area (Å²) in [5.74, 6) is -0.463. The van der Waals surface area contributed by atoms with Crippen LogP contribution in [0.1, 0.15) is 11.1 Å². The van der Waals surface area contributed by atoms with Gasteiger partial charge in [-0.05, 0) is 59.2 Å². The van der Waals surface area contributed by atoms with Crippen molar-refractivity contribution in [2.24, 2.45) is 0 Å². The van der Waals surface area contributed by atoms with Gasteiger partial charge in [-0.25, -0.2) is 13.4 Å². The summed E-state index contributed by atoms with van der Waals surface area (Å²) < 4.78 is 64.6. The second-order valence-corrected chi connectivity index (χ2v) is 11.6. The molecule has 5 rings (SSSR count).